The zero-order chi connectivity index (χ0) is 18.4. The second-order valence-electron chi connectivity index (χ2n) is 5.45. The van der Waals surface area contributed by atoms with Gasteiger partial charge in [0.05, 0.1) is 22.1 Å². The smallest absolute Gasteiger partial charge is 0.319 e. The van der Waals surface area contributed by atoms with Gasteiger partial charge in [0.15, 0.2) is 0 Å². The fourth-order valence-electron chi connectivity index (χ4n) is 2.17. The van der Waals surface area contributed by atoms with Crippen LogP contribution in [-0.2, 0) is 0 Å². The van der Waals surface area contributed by atoms with Crippen molar-refractivity contribution in [2.75, 3.05) is 18.5 Å². The monoisotopic (exact) mass is 388 g/mol. The Morgan fingerprint density at radius 2 is 2.12 bits per heavy atom. The lowest BCUT2D eigenvalue weighted by Gasteiger charge is -2.10. The van der Waals surface area contributed by atoms with Crippen LogP contribution in [0.1, 0.15) is 5.56 Å². The number of urea groups is 1. The Morgan fingerprint density at radius 1 is 1.23 bits per heavy atom. The summed E-state index contributed by atoms with van der Waals surface area (Å²) in [5, 5.41) is 16.0. The van der Waals surface area contributed by atoms with E-state index in [2.05, 4.69) is 20.8 Å². The van der Waals surface area contributed by atoms with Crippen LogP contribution in [-0.4, -0.2) is 29.4 Å². The van der Waals surface area contributed by atoms with E-state index in [4.69, 9.17) is 16.3 Å². The summed E-state index contributed by atoms with van der Waals surface area (Å²) in [6, 6.07) is 12.6. The number of anilines is 1. The van der Waals surface area contributed by atoms with Gasteiger partial charge >= 0.3 is 6.03 Å². The van der Waals surface area contributed by atoms with Gasteiger partial charge in [0.2, 0.25) is 5.88 Å². The van der Waals surface area contributed by atoms with E-state index >= 15 is 0 Å². The van der Waals surface area contributed by atoms with Crippen molar-refractivity contribution in [1.82, 2.24) is 15.5 Å². The Labute approximate surface area is 160 Å². The molecule has 0 aliphatic carbocycles. The topological polar surface area (TPSA) is 76.1 Å². The largest absolute Gasteiger partial charge is 0.475 e. The molecule has 1 aromatic carbocycles. The number of carbonyl (C=O) groups excluding carboxylic acids is 1. The Morgan fingerprint density at radius 3 is 2.85 bits per heavy atom. The minimum Gasteiger partial charge on any atom is -0.475 e. The zero-order valence-electron chi connectivity index (χ0n) is 14.0. The third kappa shape index (κ3) is 4.93. The number of rotatable bonds is 6. The number of hydrogen-bond acceptors (Lipinski definition) is 5. The molecular weight excluding hydrogens is 372 g/mol. The van der Waals surface area contributed by atoms with Crippen molar-refractivity contribution in [2.24, 2.45) is 0 Å². The highest BCUT2D eigenvalue weighted by atomic mass is 35.5. The first-order valence-electron chi connectivity index (χ1n) is 7.93. The minimum atomic E-state index is -0.347. The van der Waals surface area contributed by atoms with Gasteiger partial charge < -0.3 is 15.4 Å². The molecule has 2 amide bonds. The Bertz CT molecular complexity index is 869. The maximum atomic E-state index is 11.9. The second kappa shape index (κ2) is 8.64. The summed E-state index contributed by atoms with van der Waals surface area (Å²) in [6.45, 7) is 2.53. The molecule has 0 unspecified atom stereocenters. The molecule has 134 valence electrons. The third-order valence-corrected chi connectivity index (χ3v) is 4.64. The number of thiophene rings is 1. The van der Waals surface area contributed by atoms with Gasteiger partial charge in [0, 0.05) is 6.07 Å². The fraction of sp³-hybridized carbons (Fsp3) is 0.167. The lowest BCUT2D eigenvalue weighted by Crippen LogP contribution is -2.32. The third-order valence-electron chi connectivity index (χ3n) is 3.42. The lowest BCUT2D eigenvalue weighted by atomic mass is 10.2. The van der Waals surface area contributed by atoms with E-state index in [0.29, 0.717) is 23.1 Å². The number of carbonyl (C=O) groups is 1. The van der Waals surface area contributed by atoms with Gasteiger partial charge in [-0.15, -0.1) is 21.5 Å². The molecule has 8 heteroatoms. The van der Waals surface area contributed by atoms with E-state index < -0.39 is 0 Å². The van der Waals surface area contributed by atoms with Crippen LogP contribution in [0.2, 0.25) is 5.02 Å². The molecule has 2 heterocycles. The molecule has 0 bridgehead atoms. The number of aryl methyl sites for hydroxylation is 1. The number of amides is 2. The summed E-state index contributed by atoms with van der Waals surface area (Å²) in [4.78, 5) is 13.0. The number of nitrogens with one attached hydrogen (secondary N) is 2. The lowest BCUT2D eigenvalue weighted by molar-refractivity contribution is 0.246. The van der Waals surface area contributed by atoms with Gasteiger partial charge in [-0.05, 0) is 42.1 Å². The van der Waals surface area contributed by atoms with Crippen molar-refractivity contribution in [2.45, 2.75) is 6.92 Å². The molecule has 3 rings (SSSR count). The summed E-state index contributed by atoms with van der Waals surface area (Å²) >= 11 is 7.65. The molecule has 2 aromatic heterocycles. The van der Waals surface area contributed by atoms with E-state index in [9.17, 15) is 4.79 Å². The van der Waals surface area contributed by atoms with E-state index in [1.54, 1.807) is 23.5 Å². The van der Waals surface area contributed by atoms with Gasteiger partial charge in [-0.3, -0.25) is 0 Å². The number of ether oxygens (including phenoxy) is 1. The predicted octanol–water partition coefficient (Wildman–Crippen LogP) is 4.37. The van der Waals surface area contributed by atoms with E-state index in [1.165, 1.54) is 0 Å². The summed E-state index contributed by atoms with van der Waals surface area (Å²) in [5.41, 5.74) is 2.39. The highest BCUT2D eigenvalue weighted by Gasteiger charge is 2.06. The molecule has 26 heavy (non-hydrogen) atoms. The fourth-order valence-corrected chi connectivity index (χ4v) is 3.03. The normalized spacial score (nSPS) is 10.4. The average Bonchev–Trinajstić information content (AvgIpc) is 3.17. The highest BCUT2D eigenvalue weighted by molar-refractivity contribution is 7.13. The molecule has 2 N–H and O–H groups in total. The van der Waals surface area contributed by atoms with Crippen molar-refractivity contribution < 1.29 is 9.53 Å². The number of aromatic nitrogens is 2. The molecule has 0 saturated heterocycles. The van der Waals surface area contributed by atoms with Crippen LogP contribution in [0, 0.1) is 6.92 Å². The minimum absolute atomic E-state index is 0.280. The van der Waals surface area contributed by atoms with Crippen LogP contribution < -0.4 is 15.4 Å². The number of nitrogens with zero attached hydrogens (tertiary/aromatic N) is 2. The van der Waals surface area contributed by atoms with E-state index in [-0.39, 0.29) is 12.6 Å². The standard InChI is InChI=1S/C18H17ClN4O2S/c1-12-4-5-13(19)15(11-12)21-18(24)20-8-9-25-17-7-6-14(22-23-17)16-3-2-10-26-16/h2-7,10-11H,8-9H2,1H3,(H2,20,21,24). The molecule has 0 aliphatic rings. The molecule has 0 atom stereocenters. The quantitative estimate of drug-likeness (QED) is 0.615. The number of hydrogen-bond donors (Lipinski definition) is 2. The van der Waals surface area contributed by atoms with Crippen molar-refractivity contribution in [1.29, 1.82) is 0 Å². The maximum Gasteiger partial charge on any atom is 0.319 e. The zero-order valence-corrected chi connectivity index (χ0v) is 15.6. The SMILES string of the molecule is Cc1ccc(Cl)c(NC(=O)NCCOc2ccc(-c3cccs3)nn2)c1. The molecule has 6 nitrogen and oxygen atoms in total. The highest BCUT2D eigenvalue weighted by Crippen LogP contribution is 2.23. The number of benzene rings is 1. The van der Waals surface area contributed by atoms with Crippen LogP contribution in [0.15, 0.2) is 47.8 Å². The second-order valence-corrected chi connectivity index (χ2v) is 6.80. The van der Waals surface area contributed by atoms with Gasteiger partial charge in [0.25, 0.3) is 0 Å². The van der Waals surface area contributed by atoms with Crippen molar-refractivity contribution in [3.05, 3.63) is 58.4 Å². The molecule has 0 spiro atoms. The first-order valence-corrected chi connectivity index (χ1v) is 9.19. The van der Waals surface area contributed by atoms with Crippen LogP contribution in [0.3, 0.4) is 0 Å². The maximum absolute atomic E-state index is 11.9. The van der Waals surface area contributed by atoms with Crippen molar-refractivity contribution in [3.8, 4) is 16.5 Å². The first-order chi connectivity index (χ1) is 12.6. The Balaban J connectivity index is 1.42. The van der Waals surface area contributed by atoms with Crippen LogP contribution in [0.5, 0.6) is 5.88 Å². The van der Waals surface area contributed by atoms with E-state index in [0.717, 1.165) is 16.1 Å². The average molecular weight is 389 g/mol. The van der Waals surface area contributed by atoms with Crippen LogP contribution in [0.4, 0.5) is 10.5 Å². The van der Waals surface area contributed by atoms with Gasteiger partial charge in [-0.1, -0.05) is 23.7 Å². The molecule has 0 saturated carbocycles. The van der Waals surface area contributed by atoms with E-state index in [1.807, 2.05) is 42.6 Å². The van der Waals surface area contributed by atoms with Gasteiger partial charge in [-0.2, -0.15) is 0 Å². The summed E-state index contributed by atoms with van der Waals surface area (Å²) in [5.74, 6) is 0.411. The molecule has 0 fully saturated rings. The van der Waals surface area contributed by atoms with Crippen LogP contribution in [0.25, 0.3) is 10.6 Å². The summed E-state index contributed by atoms with van der Waals surface area (Å²) in [7, 11) is 0. The van der Waals surface area contributed by atoms with Gasteiger partial charge in [-0.25, -0.2) is 4.79 Å². The van der Waals surface area contributed by atoms with Crippen molar-refractivity contribution >= 4 is 34.7 Å². The number of halogens is 1. The Kier molecular flexibility index (Phi) is 6.04. The van der Waals surface area contributed by atoms with Crippen LogP contribution >= 0.6 is 22.9 Å². The Hall–Kier alpha value is -2.64. The van der Waals surface area contributed by atoms with Crippen molar-refractivity contribution in [3.63, 3.8) is 0 Å². The summed E-state index contributed by atoms with van der Waals surface area (Å²) < 4.78 is 5.48. The summed E-state index contributed by atoms with van der Waals surface area (Å²) in [6.07, 6.45) is 0. The molecule has 0 aliphatic heterocycles. The molecule has 3 aromatic rings. The predicted molar refractivity (Wildman–Crippen MR) is 104 cm³/mol. The molecular formula is C18H17ClN4O2S. The van der Waals surface area contributed by atoms with Gasteiger partial charge in [0.1, 0.15) is 12.3 Å². The molecule has 0 radical (unpaired) electrons. The first kappa shape index (κ1) is 18.2.